The molecule has 0 saturated carbocycles. The maximum absolute atomic E-state index is 11.6. The van der Waals surface area contributed by atoms with Gasteiger partial charge in [-0.25, -0.2) is 4.79 Å². The fourth-order valence-corrected chi connectivity index (χ4v) is 1.74. The number of ether oxygens (including phenoxy) is 1. The van der Waals surface area contributed by atoms with Crippen LogP contribution < -0.4 is 5.32 Å². The Kier molecular flexibility index (Phi) is 5.20. The standard InChI is InChI=1S/C14H20ClNO3/c1-9(17)7-10-8-11(5-6-12(10)15)16-13(18)19-14(2,3)4/h5-6,8-9,17H,7H2,1-4H3,(H,16,18)/t9-/m0/s1. The van der Waals surface area contributed by atoms with Crippen LogP contribution in [-0.4, -0.2) is 22.9 Å². The van der Waals surface area contributed by atoms with Crippen molar-refractivity contribution in [1.82, 2.24) is 0 Å². The molecule has 0 spiro atoms. The number of benzene rings is 1. The Morgan fingerprint density at radius 3 is 2.63 bits per heavy atom. The highest BCUT2D eigenvalue weighted by Gasteiger charge is 2.16. The summed E-state index contributed by atoms with van der Waals surface area (Å²) in [5.41, 5.74) is 0.832. The van der Waals surface area contributed by atoms with Crippen LogP contribution >= 0.6 is 11.6 Å². The molecule has 0 radical (unpaired) electrons. The van der Waals surface area contributed by atoms with Crippen LogP contribution in [0.3, 0.4) is 0 Å². The predicted molar refractivity (Wildman–Crippen MR) is 76.7 cm³/mol. The van der Waals surface area contributed by atoms with E-state index in [1.165, 1.54) is 0 Å². The summed E-state index contributed by atoms with van der Waals surface area (Å²) in [4.78, 5) is 11.6. The highest BCUT2D eigenvalue weighted by Crippen LogP contribution is 2.22. The van der Waals surface area contributed by atoms with Crippen LogP contribution in [-0.2, 0) is 11.2 Å². The van der Waals surface area contributed by atoms with Crippen molar-refractivity contribution in [1.29, 1.82) is 0 Å². The second-order valence-electron chi connectivity index (χ2n) is 5.49. The summed E-state index contributed by atoms with van der Waals surface area (Å²) in [6.07, 6.45) is -0.574. The number of carbonyl (C=O) groups is 1. The zero-order chi connectivity index (χ0) is 14.6. The van der Waals surface area contributed by atoms with Gasteiger partial charge in [0.25, 0.3) is 0 Å². The predicted octanol–water partition coefficient (Wildman–Crippen LogP) is 3.61. The van der Waals surface area contributed by atoms with E-state index in [1.807, 2.05) is 0 Å². The topological polar surface area (TPSA) is 58.6 Å². The van der Waals surface area contributed by atoms with Gasteiger partial charge in [-0.3, -0.25) is 5.32 Å². The number of carbonyl (C=O) groups excluding carboxylic acids is 1. The summed E-state index contributed by atoms with van der Waals surface area (Å²) in [6.45, 7) is 7.08. The number of hydrogen-bond acceptors (Lipinski definition) is 3. The third kappa shape index (κ3) is 5.94. The molecule has 0 bridgehead atoms. The normalized spacial score (nSPS) is 12.9. The van der Waals surface area contributed by atoms with Gasteiger partial charge in [0.15, 0.2) is 0 Å². The molecule has 1 amide bonds. The van der Waals surface area contributed by atoms with Gasteiger partial charge in [-0.15, -0.1) is 0 Å². The average molecular weight is 286 g/mol. The lowest BCUT2D eigenvalue weighted by atomic mass is 10.1. The van der Waals surface area contributed by atoms with E-state index in [4.69, 9.17) is 16.3 Å². The van der Waals surface area contributed by atoms with Crippen LogP contribution in [0.2, 0.25) is 5.02 Å². The van der Waals surface area contributed by atoms with Gasteiger partial charge in [-0.2, -0.15) is 0 Å². The highest BCUT2D eigenvalue weighted by atomic mass is 35.5. The maximum atomic E-state index is 11.6. The number of anilines is 1. The van der Waals surface area contributed by atoms with Gasteiger partial charge in [-0.1, -0.05) is 11.6 Å². The molecule has 0 saturated heterocycles. The number of rotatable bonds is 3. The van der Waals surface area contributed by atoms with Crippen LogP contribution in [0.5, 0.6) is 0 Å². The number of halogens is 1. The molecule has 5 heteroatoms. The minimum Gasteiger partial charge on any atom is -0.444 e. The monoisotopic (exact) mass is 285 g/mol. The summed E-state index contributed by atoms with van der Waals surface area (Å²) in [6, 6.07) is 5.11. The summed E-state index contributed by atoms with van der Waals surface area (Å²) in [5, 5.41) is 12.6. The Hall–Kier alpha value is -1.26. The molecule has 0 heterocycles. The van der Waals surface area contributed by atoms with Gasteiger partial charge in [-0.05, 0) is 57.9 Å². The molecule has 1 aromatic rings. The third-order valence-corrected chi connectivity index (χ3v) is 2.58. The van der Waals surface area contributed by atoms with Crippen molar-refractivity contribution < 1.29 is 14.6 Å². The fraction of sp³-hybridized carbons (Fsp3) is 0.500. The molecule has 0 aliphatic rings. The largest absolute Gasteiger partial charge is 0.444 e. The molecule has 1 aromatic carbocycles. The summed E-state index contributed by atoms with van der Waals surface area (Å²) in [5.74, 6) is 0. The molecule has 1 atom stereocenters. The van der Waals surface area contributed by atoms with Gasteiger partial charge in [0.05, 0.1) is 6.10 Å². The molecule has 0 aliphatic carbocycles. The van der Waals surface area contributed by atoms with E-state index in [0.29, 0.717) is 17.1 Å². The van der Waals surface area contributed by atoms with Gasteiger partial charge in [0.2, 0.25) is 0 Å². The Labute approximate surface area is 118 Å². The van der Waals surface area contributed by atoms with Gasteiger partial charge < -0.3 is 9.84 Å². The lowest BCUT2D eigenvalue weighted by Gasteiger charge is -2.20. The molecule has 0 unspecified atom stereocenters. The first-order valence-electron chi connectivity index (χ1n) is 6.14. The molecule has 0 fully saturated rings. The Morgan fingerprint density at radius 1 is 1.47 bits per heavy atom. The number of aliphatic hydroxyl groups excluding tert-OH is 1. The van der Waals surface area contributed by atoms with Crippen molar-refractivity contribution >= 4 is 23.4 Å². The molecule has 1 rings (SSSR count). The molecule has 0 aromatic heterocycles. The van der Waals surface area contributed by atoms with Crippen molar-refractivity contribution in [3.05, 3.63) is 28.8 Å². The third-order valence-electron chi connectivity index (χ3n) is 2.21. The quantitative estimate of drug-likeness (QED) is 0.892. The lowest BCUT2D eigenvalue weighted by molar-refractivity contribution is 0.0636. The van der Waals surface area contributed by atoms with E-state index >= 15 is 0 Å². The highest BCUT2D eigenvalue weighted by molar-refractivity contribution is 6.31. The van der Waals surface area contributed by atoms with Crippen LogP contribution in [0.15, 0.2) is 18.2 Å². The first-order chi connectivity index (χ1) is 8.67. The Morgan fingerprint density at radius 2 is 2.11 bits per heavy atom. The van der Waals surface area contributed by atoms with Crippen molar-refractivity contribution in [3.63, 3.8) is 0 Å². The second kappa shape index (κ2) is 6.26. The van der Waals surface area contributed by atoms with Crippen LogP contribution in [0.1, 0.15) is 33.3 Å². The van der Waals surface area contributed by atoms with E-state index in [2.05, 4.69) is 5.32 Å². The van der Waals surface area contributed by atoms with Gasteiger partial charge in [0, 0.05) is 10.7 Å². The first kappa shape index (κ1) is 15.8. The molecule has 0 aliphatic heterocycles. The Balaban J connectivity index is 2.77. The van der Waals surface area contributed by atoms with Crippen molar-refractivity contribution in [2.45, 2.75) is 45.8 Å². The SMILES string of the molecule is C[C@H](O)Cc1cc(NC(=O)OC(C)(C)C)ccc1Cl. The van der Waals surface area contributed by atoms with E-state index < -0.39 is 17.8 Å². The molecule has 4 nitrogen and oxygen atoms in total. The fourth-order valence-electron chi connectivity index (χ4n) is 1.55. The molecule has 2 N–H and O–H groups in total. The van der Waals surface area contributed by atoms with Gasteiger partial charge in [0.1, 0.15) is 5.60 Å². The summed E-state index contributed by atoms with van der Waals surface area (Å²) in [7, 11) is 0. The number of hydrogen-bond donors (Lipinski definition) is 2. The average Bonchev–Trinajstić information content (AvgIpc) is 2.19. The minimum atomic E-state index is -0.543. The first-order valence-corrected chi connectivity index (χ1v) is 6.51. The van der Waals surface area contributed by atoms with Crippen molar-refractivity contribution in [2.75, 3.05) is 5.32 Å². The number of amides is 1. The zero-order valence-electron chi connectivity index (χ0n) is 11.7. The molecular formula is C14H20ClNO3. The number of aliphatic hydroxyl groups is 1. The Bertz CT molecular complexity index is 452. The van der Waals surface area contributed by atoms with Crippen molar-refractivity contribution in [3.8, 4) is 0 Å². The molecular weight excluding hydrogens is 266 g/mol. The molecule has 106 valence electrons. The molecule has 19 heavy (non-hydrogen) atoms. The van der Waals surface area contributed by atoms with E-state index in [1.54, 1.807) is 45.9 Å². The van der Waals surface area contributed by atoms with Crippen LogP contribution in [0.4, 0.5) is 10.5 Å². The lowest BCUT2D eigenvalue weighted by Crippen LogP contribution is -2.27. The van der Waals surface area contributed by atoms with E-state index in [9.17, 15) is 9.90 Å². The van der Waals surface area contributed by atoms with Crippen LogP contribution in [0, 0.1) is 0 Å². The minimum absolute atomic E-state index is 0.433. The van der Waals surface area contributed by atoms with E-state index in [-0.39, 0.29) is 0 Å². The van der Waals surface area contributed by atoms with Gasteiger partial charge >= 0.3 is 6.09 Å². The smallest absolute Gasteiger partial charge is 0.412 e. The summed E-state index contributed by atoms with van der Waals surface area (Å²) >= 11 is 6.03. The number of nitrogens with one attached hydrogen (secondary N) is 1. The maximum Gasteiger partial charge on any atom is 0.412 e. The summed E-state index contributed by atoms with van der Waals surface area (Å²) < 4.78 is 5.16. The zero-order valence-corrected chi connectivity index (χ0v) is 12.4. The van der Waals surface area contributed by atoms with E-state index in [0.717, 1.165) is 5.56 Å². The van der Waals surface area contributed by atoms with Crippen molar-refractivity contribution in [2.24, 2.45) is 0 Å². The van der Waals surface area contributed by atoms with Crippen LogP contribution in [0.25, 0.3) is 0 Å². The second-order valence-corrected chi connectivity index (χ2v) is 5.89.